The molecular formula is C18H26N6O2S. The van der Waals surface area contributed by atoms with E-state index in [2.05, 4.69) is 26.5 Å². The predicted molar refractivity (Wildman–Crippen MR) is 106 cm³/mol. The maximum Gasteiger partial charge on any atom is 0.279 e. The molecule has 1 saturated heterocycles. The second-order valence-electron chi connectivity index (χ2n) is 6.79. The van der Waals surface area contributed by atoms with Crippen LogP contribution in [-0.2, 0) is 16.6 Å². The maximum atomic E-state index is 12.3. The van der Waals surface area contributed by atoms with Gasteiger partial charge in [-0.25, -0.2) is 9.97 Å². The van der Waals surface area contributed by atoms with Gasteiger partial charge in [0.1, 0.15) is 5.82 Å². The zero-order valence-electron chi connectivity index (χ0n) is 16.0. The predicted octanol–water partition coefficient (Wildman–Crippen LogP) is 1.47. The molecule has 0 bridgehead atoms. The second-order valence-corrected chi connectivity index (χ2v) is 8.50. The molecule has 0 spiro atoms. The molecule has 27 heavy (non-hydrogen) atoms. The standard InChI is InChI=1S/C18H26N6O2S/c1-4-16-13-17(21-18(20-16)15-5-7-19-8-6-15)23-9-11-24(12-10-23)27(25,26)22-14(2)3/h5-8,13-14,22H,4,9-12H2,1-3H3. The molecule has 3 rings (SSSR count). The van der Waals surface area contributed by atoms with E-state index in [-0.39, 0.29) is 6.04 Å². The SMILES string of the molecule is CCc1cc(N2CCN(S(=O)(=O)NC(C)C)CC2)nc(-c2ccncc2)n1. The minimum Gasteiger partial charge on any atom is -0.354 e. The van der Waals surface area contributed by atoms with Crippen LogP contribution in [0.5, 0.6) is 0 Å². The number of aryl methyl sites for hydroxylation is 1. The van der Waals surface area contributed by atoms with Gasteiger partial charge in [0.2, 0.25) is 0 Å². The Labute approximate surface area is 160 Å². The number of anilines is 1. The molecular weight excluding hydrogens is 364 g/mol. The first kappa shape index (κ1) is 19.7. The third kappa shape index (κ3) is 4.79. The highest BCUT2D eigenvalue weighted by Gasteiger charge is 2.28. The van der Waals surface area contributed by atoms with Gasteiger partial charge < -0.3 is 4.90 Å². The van der Waals surface area contributed by atoms with Gasteiger partial charge in [-0.2, -0.15) is 17.4 Å². The third-order valence-electron chi connectivity index (χ3n) is 4.35. The van der Waals surface area contributed by atoms with E-state index in [1.165, 1.54) is 4.31 Å². The highest BCUT2D eigenvalue weighted by molar-refractivity contribution is 7.87. The smallest absolute Gasteiger partial charge is 0.279 e. The summed E-state index contributed by atoms with van der Waals surface area (Å²) in [7, 11) is -3.44. The van der Waals surface area contributed by atoms with Crippen molar-refractivity contribution in [1.29, 1.82) is 0 Å². The van der Waals surface area contributed by atoms with Crippen LogP contribution in [0.2, 0.25) is 0 Å². The molecule has 0 atom stereocenters. The van der Waals surface area contributed by atoms with E-state index in [1.54, 1.807) is 12.4 Å². The zero-order valence-corrected chi connectivity index (χ0v) is 16.8. The van der Waals surface area contributed by atoms with Crippen molar-refractivity contribution in [3.05, 3.63) is 36.3 Å². The number of pyridine rings is 1. The Morgan fingerprint density at radius 2 is 1.78 bits per heavy atom. The number of nitrogens with one attached hydrogen (secondary N) is 1. The lowest BCUT2D eigenvalue weighted by molar-refractivity contribution is 0.374. The van der Waals surface area contributed by atoms with Crippen LogP contribution in [0.25, 0.3) is 11.4 Å². The quantitative estimate of drug-likeness (QED) is 0.803. The molecule has 146 valence electrons. The lowest BCUT2D eigenvalue weighted by atomic mass is 10.2. The summed E-state index contributed by atoms with van der Waals surface area (Å²) < 4.78 is 28.8. The molecule has 1 N–H and O–H groups in total. The number of piperazine rings is 1. The highest BCUT2D eigenvalue weighted by atomic mass is 32.2. The van der Waals surface area contributed by atoms with Crippen LogP contribution >= 0.6 is 0 Å². The molecule has 1 aliphatic heterocycles. The number of nitrogens with zero attached hydrogens (tertiary/aromatic N) is 5. The van der Waals surface area contributed by atoms with Gasteiger partial charge in [-0.1, -0.05) is 6.92 Å². The molecule has 3 heterocycles. The lowest BCUT2D eigenvalue weighted by Gasteiger charge is -2.35. The summed E-state index contributed by atoms with van der Waals surface area (Å²) in [5.74, 6) is 1.51. The van der Waals surface area contributed by atoms with Gasteiger partial charge in [0.25, 0.3) is 10.2 Å². The average molecular weight is 391 g/mol. The Balaban J connectivity index is 1.78. The van der Waals surface area contributed by atoms with Gasteiger partial charge in [-0.05, 0) is 32.4 Å². The van der Waals surface area contributed by atoms with Gasteiger partial charge in [0.15, 0.2) is 5.82 Å². The molecule has 1 aliphatic rings. The number of rotatable bonds is 6. The molecule has 0 aliphatic carbocycles. The summed E-state index contributed by atoms with van der Waals surface area (Å²) in [6, 6.07) is 5.65. The van der Waals surface area contributed by atoms with Gasteiger partial charge in [-0.15, -0.1) is 0 Å². The summed E-state index contributed by atoms with van der Waals surface area (Å²) in [6.45, 7) is 7.74. The topological polar surface area (TPSA) is 91.3 Å². The Morgan fingerprint density at radius 1 is 1.11 bits per heavy atom. The fraction of sp³-hybridized carbons (Fsp3) is 0.500. The van der Waals surface area contributed by atoms with Crippen molar-refractivity contribution < 1.29 is 8.42 Å². The van der Waals surface area contributed by atoms with Crippen LogP contribution in [0, 0.1) is 0 Å². The molecule has 2 aromatic heterocycles. The third-order valence-corrected chi connectivity index (χ3v) is 6.17. The molecule has 8 nitrogen and oxygen atoms in total. The maximum absolute atomic E-state index is 12.3. The van der Waals surface area contributed by atoms with Crippen molar-refractivity contribution in [2.45, 2.75) is 33.2 Å². The van der Waals surface area contributed by atoms with Gasteiger partial charge >= 0.3 is 0 Å². The zero-order chi connectivity index (χ0) is 19.4. The Bertz CT molecular complexity index is 865. The molecule has 0 amide bonds. The lowest BCUT2D eigenvalue weighted by Crippen LogP contribution is -2.53. The largest absolute Gasteiger partial charge is 0.354 e. The van der Waals surface area contributed by atoms with E-state index in [1.807, 2.05) is 32.0 Å². The van der Waals surface area contributed by atoms with Gasteiger partial charge in [-0.3, -0.25) is 4.98 Å². The van der Waals surface area contributed by atoms with Crippen LogP contribution in [0.1, 0.15) is 26.5 Å². The molecule has 1 fully saturated rings. The van der Waals surface area contributed by atoms with Crippen molar-refractivity contribution in [3.8, 4) is 11.4 Å². The summed E-state index contributed by atoms with van der Waals surface area (Å²) in [5, 5.41) is 0. The molecule has 0 radical (unpaired) electrons. The van der Waals surface area contributed by atoms with Gasteiger partial charge in [0.05, 0.1) is 0 Å². The fourth-order valence-electron chi connectivity index (χ4n) is 2.99. The Kier molecular flexibility index (Phi) is 6.03. The minimum absolute atomic E-state index is 0.120. The van der Waals surface area contributed by atoms with Crippen molar-refractivity contribution in [2.75, 3.05) is 31.1 Å². The molecule has 0 aromatic carbocycles. The Morgan fingerprint density at radius 3 is 2.37 bits per heavy atom. The van der Waals surface area contributed by atoms with E-state index in [0.29, 0.717) is 32.0 Å². The monoisotopic (exact) mass is 390 g/mol. The number of aromatic nitrogens is 3. The fourth-order valence-corrected chi connectivity index (χ4v) is 4.38. The van der Waals surface area contributed by atoms with Crippen LogP contribution in [0.3, 0.4) is 0 Å². The first-order valence-electron chi connectivity index (χ1n) is 9.19. The van der Waals surface area contributed by atoms with Crippen molar-refractivity contribution in [1.82, 2.24) is 24.0 Å². The Hall–Kier alpha value is -2.10. The van der Waals surface area contributed by atoms with E-state index >= 15 is 0 Å². The first-order chi connectivity index (χ1) is 12.9. The van der Waals surface area contributed by atoms with E-state index in [0.717, 1.165) is 23.5 Å². The number of hydrogen-bond acceptors (Lipinski definition) is 6. The van der Waals surface area contributed by atoms with E-state index < -0.39 is 10.2 Å². The molecule has 9 heteroatoms. The normalized spacial score (nSPS) is 16.1. The summed E-state index contributed by atoms with van der Waals surface area (Å²) in [6.07, 6.45) is 4.25. The van der Waals surface area contributed by atoms with Crippen LogP contribution in [0.15, 0.2) is 30.6 Å². The molecule has 0 unspecified atom stereocenters. The molecule has 0 saturated carbocycles. The van der Waals surface area contributed by atoms with Crippen molar-refractivity contribution in [3.63, 3.8) is 0 Å². The van der Waals surface area contributed by atoms with E-state index in [9.17, 15) is 8.42 Å². The van der Waals surface area contributed by atoms with Crippen LogP contribution in [-0.4, -0.2) is 59.9 Å². The van der Waals surface area contributed by atoms with E-state index in [4.69, 9.17) is 4.98 Å². The van der Waals surface area contributed by atoms with Crippen molar-refractivity contribution >= 4 is 16.0 Å². The highest BCUT2D eigenvalue weighted by Crippen LogP contribution is 2.21. The van der Waals surface area contributed by atoms with Crippen LogP contribution in [0.4, 0.5) is 5.82 Å². The van der Waals surface area contributed by atoms with Crippen LogP contribution < -0.4 is 9.62 Å². The molecule has 2 aromatic rings. The minimum atomic E-state index is -3.44. The summed E-state index contributed by atoms with van der Waals surface area (Å²) in [4.78, 5) is 15.5. The van der Waals surface area contributed by atoms with Gasteiger partial charge in [0, 0.05) is 61.9 Å². The summed E-state index contributed by atoms with van der Waals surface area (Å²) >= 11 is 0. The average Bonchev–Trinajstić information content (AvgIpc) is 2.67. The summed E-state index contributed by atoms with van der Waals surface area (Å²) in [5.41, 5.74) is 1.88. The van der Waals surface area contributed by atoms with Crippen molar-refractivity contribution in [2.24, 2.45) is 0 Å². The second kappa shape index (κ2) is 8.28. The first-order valence-corrected chi connectivity index (χ1v) is 10.6. The number of hydrogen-bond donors (Lipinski definition) is 1.